The summed E-state index contributed by atoms with van der Waals surface area (Å²) in [6.07, 6.45) is 7.36. The highest BCUT2D eigenvalue weighted by molar-refractivity contribution is 5.79. The highest BCUT2D eigenvalue weighted by atomic mass is 16.2. The first-order valence-electron chi connectivity index (χ1n) is 12.4. The summed E-state index contributed by atoms with van der Waals surface area (Å²) >= 11 is 0. The Labute approximate surface area is 196 Å². The molecule has 2 unspecified atom stereocenters. The maximum absolute atomic E-state index is 13.1. The number of rotatable bonds is 6. The van der Waals surface area contributed by atoms with Crippen LogP contribution < -0.4 is 10.6 Å². The summed E-state index contributed by atoms with van der Waals surface area (Å²) < 4.78 is 0. The van der Waals surface area contributed by atoms with E-state index in [1.54, 1.807) is 0 Å². The summed E-state index contributed by atoms with van der Waals surface area (Å²) in [6, 6.07) is 18.5. The molecule has 4 aliphatic carbocycles. The molecule has 170 valence electrons. The van der Waals surface area contributed by atoms with Crippen molar-refractivity contribution in [2.45, 2.75) is 69.2 Å². The molecule has 5 aliphatic rings. The van der Waals surface area contributed by atoms with Crippen LogP contribution in [-0.4, -0.2) is 28.4 Å². The minimum atomic E-state index is 0.0873. The molecule has 33 heavy (non-hydrogen) atoms. The predicted molar refractivity (Wildman–Crippen MR) is 127 cm³/mol. The van der Waals surface area contributed by atoms with Crippen LogP contribution in [0.5, 0.6) is 0 Å². The highest BCUT2D eigenvalue weighted by Gasteiger charge is 2.57. The molecule has 2 atom stereocenters. The molecule has 5 heteroatoms. The standard InChI is InChI=1S/C28H32N4O/c29-14-20-5-7-21(8-6-20)15-30-27-10-22-9-23(11-27)13-28(12-22,19-27)31-16-26(33)32-17-24-3-1-2-4-25(24)18-32/h1-8,22-23,30-31H,9-13,15-19H2. The maximum Gasteiger partial charge on any atom is 0.237 e. The van der Waals surface area contributed by atoms with Crippen molar-refractivity contribution in [2.75, 3.05) is 6.54 Å². The van der Waals surface area contributed by atoms with E-state index in [0.717, 1.165) is 37.9 Å². The molecular weight excluding hydrogens is 408 g/mol. The van der Waals surface area contributed by atoms with Crippen molar-refractivity contribution in [3.8, 4) is 6.07 Å². The first kappa shape index (κ1) is 20.9. The molecule has 2 N–H and O–H groups in total. The van der Waals surface area contributed by atoms with Crippen molar-refractivity contribution >= 4 is 5.91 Å². The van der Waals surface area contributed by atoms with E-state index in [9.17, 15) is 4.79 Å². The third-order valence-corrected chi connectivity index (χ3v) is 8.62. The van der Waals surface area contributed by atoms with Crippen molar-refractivity contribution in [3.05, 3.63) is 70.8 Å². The fourth-order valence-electron chi connectivity index (χ4n) is 7.55. The third-order valence-electron chi connectivity index (χ3n) is 8.62. The van der Waals surface area contributed by atoms with Gasteiger partial charge in [-0.3, -0.25) is 4.79 Å². The number of benzene rings is 2. The Bertz CT molecular complexity index is 1060. The Balaban J connectivity index is 1.11. The van der Waals surface area contributed by atoms with E-state index in [1.165, 1.54) is 48.8 Å². The highest BCUT2D eigenvalue weighted by Crippen LogP contribution is 2.57. The zero-order valence-corrected chi connectivity index (χ0v) is 19.1. The number of hydrogen-bond donors (Lipinski definition) is 2. The number of nitrogens with zero attached hydrogens (tertiary/aromatic N) is 2. The van der Waals surface area contributed by atoms with Crippen molar-refractivity contribution in [2.24, 2.45) is 11.8 Å². The molecule has 1 amide bonds. The van der Waals surface area contributed by atoms with Crippen LogP contribution in [0.15, 0.2) is 48.5 Å². The van der Waals surface area contributed by atoms with Crippen LogP contribution in [0.4, 0.5) is 0 Å². The second-order valence-corrected chi connectivity index (χ2v) is 11.1. The zero-order valence-electron chi connectivity index (χ0n) is 19.1. The molecule has 2 aromatic carbocycles. The van der Waals surface area contributed by atoms with Crippen LogP contribution >= 0.6 is 0 Å². The van der Waals surface area contributed by atoms with Gasteiger partial charge in [0.25, 0.3) is 0 Å². The zero-order chi connectivity index (χ0) is 22.5. The summed E-state index contributed by atoms with van der Waals surface area (Å²) in [7, 11) is 0. The SMILES string of the molecule is N#Cc1ccc(CNC23CC4CC(CC(NCC(=O)N5Cc6ccccc6C5)(C4)C2)C3)cc1. The monoisotopic (exact) mass is 440 g/mol. The Kier molecular flexibility index (Phi) is 5.05. The van der Waals surface area contributed by atoms with E-state index in [2.05, 4.69) is 53.1 Å². The molecule has 2 aromatic rings. The summed E-state index contributed by atoms with van der Waals surface area (Å²) in [5, 5.41) is 16.8. The Morgan fingerprint density at radius 2 is 1.55 bits per heavy atom. The molecule has 4 fully saturated rings. The number of fused-ring (bicyclic) bond motifs is 1. The Morgan fingerprint density at radius 3 is 2.15 bits per heavy atom. The normalized spacial score (nSPS) is 31.4. The number of hydrogen-bond acceptors (Lipinski definition) is 4. The molecule has 0 spiro atoms. The number of carbonyl (C=O) groups excluding carboxylic acids is 1. The molecular formula is C28H32N4O. The minimum Gasteiger partial charge on any atom is -0.333 e. The van der Waals surface area contributed by atoms with E-state index in [1.807, 2.05) is 17.0 Å². The van der Waals surface area contributed by atoms with Crippen molar-refractivity contribution < 1.29 is 4.79 Å². The van der Waals surface area contributed by atoms with Crippen molar-refractivity contribution in [3.63, 3.8) is 0 Å². The van der Waals surface area contributed by atoms with Gasteiger partial charge in [-0.1, -0.05) is 36.4 Å². The van der Waals surface area contributed by atoms with Crippen LogP contribution in [0.25, 0.3) is 0 Å². The molecule has 0 radical (unpaired) electrons. The molecule has 7 rings (SSSR count). The van der Waals surface area contributed by atoms with Gasteiger partial charge < -0.3 is 15.5 Å². The summed E-state index contributed by atoms with van der Waals surface area (Å²) in [5.41, 5.74) is 4.76. The Hall–Kier alpha value is -2.68. The smallest absolute Gasteiger partial charge is 0.237 e. The molecule has 0 aromatic heterocycles. The fraction of sp³-hybridized carbons (Fsp3) is 0.500. The lowest BCUT2D eigenvalue weighted by molar-refractivity contribution is -0.132. The van der Waals surface area contributed by atoms with Crippen LogP contribution in [0.2, 0.25) is 0 Å². The van der Waals surface area contributed by atoms with Gasteiger partial charge in [0, 0.05) is 30.7 Å². The number of nitrogens with one attached hydrogen (secondary N) is 2. The second-order valence-electron chi connectivity index (χ2n) is 11.1. The maximum atomic E-state index is 13.1. The summed E-state index contributed by atoms with van der Waals surface area (Å²) in [5.74, 6) is 1.72. The van der Waals surface area contributed by atoms with Gasteiger partial charge in [0.15, 0.2) is 0 Å². The molecule has 4 saturated carbocycles. The van der Waals surface area contributed by atoms with Gasteiger partial charge in [-0.05, 0) is 79.2 Å². The summed E-state index contributed by atoms with van der Waals surface area (Å²) in [4.78, 5) is 15.1. The van der Waals surface area contributed by atoms with Gasteiger partial charge in [0.2, 0.25) is 5.91 Å². The lowest BCUT2D eigenvalue weighted by atomic mass is 9.50. The van der Waals surface area contributed by atoms with E-state index >= 15 is 0 Å². The largest absolute Gasteiger partial charge is 0.333 e. The van der Waals surface area contributed by atoms with Crippen LogP contribution in [0.1, 0.15) is 60.8 Å². The van der Waals surface area contributed by atoms with Crippen LogP contribution in [0.3, 0.4) is 0 Å². The first-order valence-corrected chi connectivity index (χ1v) is 12.4. The van der Waals surface area contributed by atoms with Gasteiger partial charge in [-0.15, -0.1) is 0 Å². The van der Waals surface area contributed by atoms with E-state index < -0.39 is 0 Å². The molecule has 1 aliphatic heterocycles. The number of amides is 1. The van der Waals surface area contributed by atoms with E-state index in [4.69, 9.17) is 5.26 Å². The van der Waals surface area contributed by atoms with Crippen LogP contribution in [-0.2, 0) is 24.4 Å². The first-order chi connectivity index (χ1) is 16.0. The van der Waals surface area contributed by atoms with Gasteiger partial charge in [-0.25, -0.2) is 0 Å². The van der Waals surface area contributed by atoms with Gasteiger partial charge in [-0.2, -0.15) is 5.26 Å². The average molecular weight is 441 g/mol. The lowest BCUT2D eigenvalue weighted by Gasteiger charge is -2.62. The van der Waals surface area contributed by atoms with E-state index in [0.29, 0.717) is 12.1 Å². The topological polar surface area (TPSA) is 68.2 Å². The van der Waals surface area contributed by atoms with Gasteiger partial charge >= 0.3 is 0 Å². The Morgan fingerprint density at radius 1 is 0.939 bits per heavy atom. The van der Waals surface area contributed by atoms with Crippen molar-refractivity contribution in [1.82, 2.24) is 15.5 Å². The molecule has 4 bridgehead atoms. The predicted octanol–water partition coefficient (Wildman–Crippen LogP) is 3.87. The number of nitriles is 1. The van der Waals surface area contributed by atoms with Gasteiger partial charge in [0.05, 0.1) is 18.2 Å². The fourth-order valence-corrected chi connectivity index (χ4v) is 7.55. The molecule has 5 nitrogen and oxygen atoms in total. The second kappa shape index (κ2) is 7.97. The van der Waals surface area contributed by atoms with Crippen molar-refractivity contribution in [1.29, 1.82) is 5.26 Å². The van der Waals surface area contributed by atoms with Crippen LogP contribution in [0, 0.1) is 23.2 Å². The van der Waals surface area contributed by atoms with Gasteiger partial charge in [0.1, 0.15) is 0 Å². The third kappa shape index (κ3) is 3.96. The average Bonchev–Trinajstić information content (AvgIpc) is 3.25. The number of carbonyl (C=O) groups is 1. The minimum absolute atomic E-state index is 0.0873. The quantitative estimate of drug-likeness (QED) is 0.716. The molecule has 1 heterocycles. The summed E-state index contributed by atoms with van der Waals surface area (Å²) in [6.45, 7) is 2.77. The molecule has 0 saturated heterocycles. The lowest BCUT2D eigenvalue weighted by Crippen LogP contribution is -2.69. The van der Waals surface area contributed by atoms with E-state index in [-0.39, 0.29) is 17.0 Å².